The van der Waals surface area contributed by atoms with E-state index in [1.165, 1.54) is 36.0 Å². The van der Waals surface area contributed by atoms with E-state index >= 15 is 0 Å². The van der Waals surface area contributed by atoms with Crippen LogP contribution in [0.5, 0.6) is 5.75 Å². The van der Waals surface area contributed by atoms with Crippen LogP contribution in [0.2, 0.25) is 0 Å². The molecule has 0 bridgehead atoms. The van der Waals surface area contributed by atoms with Crippen LogP contribution in [0.25, 0.3) is 0 Å². The van der Waals surface area contributed by atoms with E-state index in [2.05, 4.69) is 21.9 Å². The third-order valence-corrected chi connectivity index (χ3v) is 4.22. The highest BCUT2D eigenvalue weighted by Gasteiger charge is 2.09. The zero-order valence-electron chi connectivity index (χ0n) is 17.0. The highest BCUT2D eigenvalue weighted by atomic mass is 19.1. The van der Waals surface area contributed by atoms with Gasteiger partial charge in [0.05, 0.1) is 6.21 Å². The van der Waals surface area contributed by atoms with Gasteiger partial charge < -0.3 is 10.1 Å². The molecule has 0 aliphatic heterocycles. The lowest BCUT2D eigenvalue weighted by Gasteiger charge is -2.07. The molecule has 31 heavy (non-hydrogen) atoms. The smallest absolute Gasteiger partial charge is 0.249 e. The van der Waals surface area contributed by atoms with Crippen molar-refractivity contribution in [2.45, 2.75) is 20.0 Å². The fourth-order valence-electron chi connectivity index (χ4n) is 2.72. The summed E-state index contributed by atoms with van der Waals surface area (Å²) in [6, 6.07) is 20.6. The van der Waals surface area contributed by atoms with E-state index < -0.39 is 24.1 Å². The van der Waals surface area contributed by atoms with Crippen molar-refractivity contribution in [1.29, 1.82) is 0 Å². The number of ether oxygens (including phenoxy) is 1. The number of carbonyl (C=O) groups is 2. The Kier molecular flexibility index (Phi) is 7.48. The molecule has 0 atom stereocenters. The third-order valence-electron chi connectivity index (χ3n) is 4.22. The first-order valence-corrected chi connectivity index (χ1v) is 9.64. The number of hydrogen-bond donors (Lipinski definition) is 2. The number of nitrogens with zero attached hydrogens (tertiary/aromatic N) is 1. The lowest BCUT2D eigenvalue weighted by atomic mass is 10.1. The molecule has 7 heteroatoms. The molecule has 2 N–H and O–H groups in total. The molecule has 0 aliphatic rings. The van der Waals surface area contributed by atoms with Gasteiger partial charge in [0.2, 0.25) is 11.8 Å². The van der Waals surface area contributed by atoms with E-state index in [9.17, 15) is 14.0 Å². The van der Waals surface area contributed by atoms with Crippen LogP contribution >= 0.6 is 0 Å². The van der Waals surface area contributed by atoms with Gasteiger partial charge >= 0.3 is 0 Å². The van der Waals surface area contributed by atoms with Crippen molar-refractivity contribution in [3.8, 4) is 5.75 Å². The number of benzene rings is 3. The summed E-state index contributed by atoms with van der Waals surface area (Å²) >= 11 is 0. The third kappa shape index (κ3) is 7.40. The number of halogens is 1. The number of hydrogen-bond acceptors (Lipinski definition) is 4. The van der Waals surface area contributed by atoms with Crippen LogP contribution in [0.4, 0.5) is 10.1 Å². The predicted octanol–water partition coefficient (Wildman–Crippen LogP) is 4.19. The standard InChI is InChI=1S/C24H22FN3O3/c1-17-3-2-4-19(13-17)16-31-22-11-5-18(6-12-22)15-26-28-24(30)14-23(29)27-21-9-7-20(25)8-10-21/h2-13,15H,14,16H2,1H3,(H,27,29)(H,28,30). The van der Waals surface area contributed by atoms with E-state index in [0.29, 0.717) is 12.3 Å². The fraction of sp³-hybridized carbons (Fsp3) is 0.125. The van der Waals surface area contributed by atoms with Crippen LogP contribution in [0.1, 0.15) is 23.1 Å². The maximum atomic E-state index is 12.9. The molecule has 158 valence electrons. The summed E-state index contributed by atoms with van der Waals surface area (Å²) in [6.45, 7) is 2.51. The Bertz CT molecular complexity index is 1060. The molecule has 0 heterocycles. The molecule has 0 unspecified atom stereocenters. The van der Waals surface area contributed by atoms with Gasteiger partial charge in [0, 0.05) is 5.69 Å². The lowest BCUT2D eigenvalue weighted by molar-refractivity contribution is -0.126. The average molecular weight is 419 g/mol. The molecular weight excluding hydrogens is 397 g/mol. The van der Waals surface area contributed by atoms with Gasteiger partial charge in [0.25, 0.3) is 0 Å². The van der Waals surface area contributed by atoms with Crippen LogP contribution in [0, 0.1) is 12.7 Å². The first-order chi connectivity index (χ1) is 15.0. The molecule has 3 aromatic carbocycles. The van der Waals surface area contributed by atoms with Crippen molar-refractivity contribution < 1.29 is 18.7 Å². The molecular formula is C24H22FN3O3. The van der Waals surface area contributed by atoms with Crippen LogP contribution in [-0.2, 0) is 16.2 Å². The summed E-state index contributed by atoms with van der Waals surface area (Å²) < 4.78 is 18.6. The molecule has 0 saturated heterocycles. The summed E-state index contributed by atoms with van der Waals surface area (Å²) in [7, 11) is 0. The minimum Gasteiger partial charge on any atom is -0.489 e. The fourth-order valence-corrected chi connectivity index (χ4v) is 2.72. The number of amides is 2. The van der Waals surface area contributed by atoms with Gasteiger partial charge in [-0.1, -0.05) is 29.8 Å². The highest BCUT2D eigenvalue weighted by molar-refractivity contribution is 6.03. The number of hydrazone groups is 1. The molecule has 6 nitrogen and oxygen atoms in total. The molecule has 0 saturated carbocycles. The summed E-state index contributed by atoms with van der Waals surface area (Å²) in [4.78, 5) is 23.6. The van der Waals surface area contributed by atoms with Gasteiger partial charge in [-0.15, -0.1) is 0 Å². The zero-order chi connectivity index (χ0) is 22.1. The topological polar surface area (TPSA) is 79.8 Å². The van der Waals surface area contributed by atoms with Crippen molar-refractivity contribution in [1.82, 2.24) is 5.43 Å². The van der Waals surface area contributed by atoms with Gasteiger partial charge in [0.15, 0.2) is 0 Å². The van der Waals surface area contributed by atoms with E-state index in [4.69, 9.17) is 4.74 Å². The Balaban J connectivity index is 1.42. The van der Waals surface area contributed by atoms with Crippen molar-refractivity contribution in [2.24, 2.45) is 5.10 Å². The average Bonchev–Trinajstić information content (AvgIpc) is 2.75. The molecule has 3 aromatic rings. The number of aryl methyl sites for hydroxylation is 1. The van der Waals surface area contributed by atoms with Crippen LogP contribution in [0.3, 0.4) is 0 Å². The minimum absolute atomic E-state index is 0.402. The van der Waals surface area contributed by atoms with Gasteiger partial charge in [-0.25, -0.2) is 9.82 Å². The number of carbonyl (C=O) groups excluding carboxylic acids is 2. The predicted molar refractivity (Wildman–Crippen MR) is 117 cm³/mol. The number of nitrogens with one attached hydrogen (secondary N) is 2. The van der Waals surface area contributed by atoms with Gasteiger partial charge in [0.1, 0.15) is 24.6 Å². The van der Waals surface area contributed by atoms with E-state index in [1.807, 2.05) is 49.4 Å². The Labute approximate surface area is 179 Å². The maximum Gasteiger partial charge on any atom is 0.249 e. The van der Waals surface area contributed by atoms with Crippen LogP contribution < -0.4 is 15.5 Å². The largest absolute Gasteiger partial charge is 0.489 e. The molecule has 0 radical (unpaired) electrons. The summed E-state index contributed by atoms with van der Waals surface area (Å²) in [6.07, 6.45) is 1.07. The first-order valence-electron chi connectivity index (χ1n) is 9.64. The highest BCUT2D eigenvalue weighted by Crippen LogP contribution is 2.14. The summed E-state index contributed by atoms with van der Waals surface area (Å²) in [5.74, 6) is -0.764. The molecule has 0 aromatic heterocycles. The van der Waals surface area contributed by atoms with E-state index in [0.717, 1.165) is 16.9 Å². The van der Waals surface area contributed by atoms with Crippen LogP contribution in [-0.4, -0.2) is 18.0 Å². The molecule has 3 rings (SSSR count). The SMILES string of the molecule is Cc1cccc(COc2ccc(C=NNC(=O)CC(=O)Nc3ccc(F)cc3)cc2)c1. The Hall–Kier alpha value is -4.00. The molecule has 0 aliphatic carbocycles. The van der Waals surface area contributed by atoms with Crippen LogP contribution in [0.15, 0.2) is 77.9 Å². The second-order valence-electron chi connectivity index (χ2n) is 6.87. The second kappa shape index (κ2) is 10.7. The number of anilines is 1. The molecule has 0 fully saturated rings. The monoisotopic (exact) mass is 419 g/mol. The molecule has 0 spiro atoms. The van der Waals surface area contributed by atoms with E-state index in [1.54, 1.807) is 0 Å². The number of rotatable bonds is 8. The summed E-state index contributed by atoms with van der Waals surface area (Å²) in [5.41, 5.74) is 5.75. The van der Waals surface area contributed by atoms with Crippen molar-refractivity contribution >= 4 is 23.7 Å². The Morgan fingerprint density at radius 1 is 1.00 bits per heavy atom. The second-order valence-corrected chi connectivity index (χ2v) is 6.87. The zero-order valence-corrected chi connectivity index (χ0v) is 17.0. The Morgan fingerprint density at radius 2 is 1.74 bits per heavy atom. The summed E-state index contributed by atoms with van der Waals surface area (Å²) in [5, 5.41) is 6.36. The van der Waals surface area contributed by atoms with Crippen molar-refractivity contribution in [3.05, 3.63) is 95.3 Å². The normalized spacial score (nSPS) is 10.6. The quantitative estimate of drug-likeness (QED) is 0.326. The first kappa shape index (κ1) is 21.7. The van der Waals surface area contributed by atoms with Gasteiger partial charge in [-0.3, -0.25) is 9.59 Å². The minimum atomic E-state index is -0.561. The van der Waals surface area contributed by atoms with Crippen molar-refractivity contribution in [3.63, 3.8) is 0 Å². The van der Waals surface area contributed by atoms with Gasteiger partial charge in [-0.05, 0) is 66.6 Å². The van der Waals surface area contributed by atoms with Gasteiger partial charge in [-0.2, -0.15) is 5.10 Å². The van der Waals surface area contributed by atoms with E-state index in [-0.39, 0.29) is 0 Å². The molecule has 2 amide bonds. The lowest BCUT2D eigenvalue weighted by Crippen LogP contribution is -2.24. The Morgan fingerprint density at radius 3 is 2.45 bits per heavy atom. The maximum absolute atomic E-state index is 12.9. The van der Waals surface area contributed by atoms with Crippen molar-refractivity contribution in [2.75, 3.05) is 5.32 Å².